The van der Waals surface area contributed by atoms with Gasteiger partial charge in [0.25, 0.3) is 5.97 Å². The van der Waals surface area contributed by atoms with Crippen LogP contribution in [-0.4, -0.2) is 40.8 Å². The summed E-state index contributed by atoms with van der Waals surface area (Å²) in [6.07, 6.45) is 1.88. The van der Waals surface area contributed by atoms with Crippen LogP contribution in [0.3, 0.4) is 0 Å². The Morgan fingerprint density at radius 2 is 2.00 bits per heavy atom. The monoisotopic (exact) mass is 412 g/mol. The molecule has 1 aliphatic rings. The molecule has 0 aromatic heterocycles. The number of hydrogen-bond donors (Lipinski definition) is 1. The predicted octanol–water partition coefficient (Wildman–Crippen LogP) is 1.53. The molecule has 6 heteroatoms. The number of aliphatic carboxylic acids is 1. The molecule has 98 valence electrons. The van der Waals surface area contributed by atoms with E-state index in [1.54, 1.807) is 27.2 Å². The molecule has 0 unspecified atom stereocenters. The Labute approximate surface area is 116 Å². The van der Waals surface area contributed by atoms with Gasteiger partial charge in [0.2, 0.25) is 0 Å². The number of carbonyl (C=O) groups excluding carboxylic acids is 1. The van der Waals surface area contributed by atoms with Gasteiger partial charge < -0.3 is 21.2 Å². The molecule has 0 radical (unpaired) electrons. The van der Waals surface area contributed by atoms with Crippen LogP contribution in [0.25, 0.3) is 0 Å². The van der Waals surface area contributed by atoms with Crippen molar-refractivity contribution in [1.29, 1.82) is 0 Å². The molecule has 1 heterocycles. The molecular formula is C11H18NO4W-. The Morgan fingerprint density at radius 3 is 2.47 bits per heavy atom. The second kappa shape index (κ2) is 6.38. The number of piperidine rings is 1. The number of hydrogen-bond acceptors (Lipinski definition) is 3. The van der Waals surface area contributed by atoms with Gasteiger partial charge in [-0.15, -0.1) is 0 Å². The minimum absolute atomic E-state index is 0. The van der Waals surface area contributed by atoms with Gasteiger partial charge in [-0.25, -0.2) is 4.79 Å². The second-order valence-corrected chi connectivity index (χ2v) is 4.90. The van der Waals surface area contributed by atoms with Gasteiger partial charge >= 0.3 is 6.09 Å². The molecule has 0 aromatic carbocycles. The van der Waals surface area contributed by atoms with E-state index >= 15 is 0 Å². The molecule has 1 aliphatic heterocycles. The molecule has 1 rings (SSSR count). The maximum Gasteiger partial charge on any atom is 0.410 e. The third-order valence-corrected chi connectivity index (χ3v) is 2.24. The zero-order chi connectivity index (χ0) is 12.3. The summed E-state index contributed by atoms with van der Waals surface area (Å²) in [6, 6.07) is 0. The molecule has 1 N–H and O–H groups in total. The van der Waals surface area contributed by atoms with Crippen molar-refractivity contribution in [3.63, 3.8) is 0 Å². The van der Waals surface area contributed by atoms with E-state index in [-0.39, 0.29) is 27.6 Å². The fourth-order valence-electron chi connectivity index (χ4n) is 1.51. The molecule has 17 heavy (non-hydrogen) atoms. The number of carboxylic acids is 1. The zero-order valence-corrected chi connectivity index (χ0v) is 13.2. The number of likely N-dealkylation sites (tertiary alicyclic amines) is 1. The van der Waals surface area contributed by atoms with Gasteiger partial charge in [0.05, 0.1) is 0 Å². The first-order valence-corrected chi connectivity index (χ1v) is 5.33. The van der Waals surface area contributed by atoms with Gasteiger partial charge in [0.1, 0.15) is 5.60 Å². The van der Waals surface area contributed by atoms with Crippen molar-refractivity contribution in [2.45, 2.75) is 32.8 Å². The summed E-state index contributed by atoms with van der Waals surface area (Å²) < 4.78 is 5.19. The van der Waals surface area contributed by atoms with Crippen LogP contribution in [0.5, 0.6) is 0 Å². The first kappa shape index (κ1) is 16.4. The van der Waals surface area contributed by atoms with Gasteiger partial charge in [0, 0.05) is 27.6 Å². The maximum absolute atomic E-state index is 11.7. The molecule has 0 aliphatic carbocycles. The smallest absolute Gasteiger partial charge is 0.410 e. The van der Waals surface area contributed by atoms with Crippen LogP contribution in [0.1, 0.15) is 27.2 Å². The van der Waals surface area contributed by atoms with Crippen LogP contribution >= 0.6 is 0 Å². The summed E-state index contributed by atoms with van der Waals surface area (Å²) in [7, 11) is 0. The Bertz CT molecular complexity index is 288. The van der Waals surface area contributed by atoms with Gasteiger partial charge in [-0.2, -0.15) is 6.42 Å². The summed E-state index contributed by atoms with van der Waals surface area (Å²) in [6.45, 7) is 6.09. The Balaban J connectivity index is 0.00000256. The SMILES string of the molecule is CC(C)(C)OC(=O)N1CC[CH-][C@@H](C(=O)O)C1.[W]. The van der Waals surface area contributed by atoms with E-state index < -0.39 is 23.6 Å². The molecule has 0 spiro atoms. The van der Waals surface area contributed by atoms with Crippen molar-refractivity contribution in [3.8, 4) is 0 Å². The Hall–Kier alpha value is -0.572. The topological polar surface area (TPSA) is 66.8 Å². The van der Waals surface area contributed by atoms with Crippen molar-refractivity contribution in [2.75, 3.05) is 13.1 Å². The number of amides is 1. The fourth-order valence-corrected chi connectivity index (χ4v) is 1.51. The second-order valence-electron chi connectivity index (χ2n) is 4.90. The van der Waals surface area contributed by atoms with Crippen LogP contribution in [0, 0.1) is 12.3 Å². The quantitative estimate of drug-likeness (QED) is 0.664. The fraction of sp³-hybridized carbons (Fsp3) is 0.727. The van der Waals surface area contributed by atoms with Gasteiger partial charge in [-0.3, -0.25) is 4.79 Å². The number of nitrogens with zero attached hydrogens (tertiary/aromatic N) is 1. The number of carbonyl (C=O) groups is 2. The van der Waals surface area contributed by atoms with Crippen LogP contribution in [0.15, 0.2) is 0 Å². The van der Waals surface area contributed by atoms with Crippen LogP contribution in [-0.2, 0) is 30.6 Å². The van der Waals surface area contributed by atoms with Gasteiger partial charge in [-0.1, -0.05) is 0 Å². The zero-order valence-electron chi connectivity index (χ0n) is 10.3. The molecule has 5 nitrogen and oxygen atoms in total. The van der Waals surface area contributed by atoms with Crippen molar-refractivity contribution < 1.29 is 40.5 Å². The standard InChI is InChI=1S/C11H18NO4.W/c1-11(2,3)16-10(15)12-6-4-5-8(7-12)9(13)14;/h5,8H,4,6-7H2,1-3H3,(H,13,14);/q-1;/t8-;/m1./s1. The van der Waals surface area contributed by atoms with Crippen LogP contribution in [0.4, 0.5) is 4.79 Å². The normalized spacial score (nSPS) is 20.4. The van der Waals surface area contributed by atoms with Gasteiger partial charge in [-0.05, 0) is 33.2 Å². The molecule has 0 aromatic rings. The van der Waals surface area contributed by atoms with Crippen LogP contribution < -0.4 is 0 Å². The molecule has 0 bridgehead atoms. The number of rotatable bonds is 1. The van der Waals surface area contributed by atoms with Crippen molar-refractivity contribution in [1.82, 2.24) is 4.90 Å². The summed E-state index contributed by atoms with van der Waals surface area (Å²) in [4.78, 5) is 23.9. The third-order valence-electron chi connectivity index (χ3n) is 2.24. The van der Waals surface area contributed by atoms with Crippen molar-refractivity contribution >= 4 is 12.1 Å². The molecule has 0 saturated carbocycles. The van der Waals surface area contributed by atoms with E-state index in [1.807, 2.05) is 0 Å². The summed E-state index contributed by atoms with van der Waals surface area (Å²) in [5.74, 6) is -1.48. The molecule has 1 fully saturated rings. The van der Waals surface area contributed by atoms with E-state index in [0.717, 1.165) is 0 Å². The Kier molecular flexibility index (Phi) is 6.17. The minimum Gasteiger partial charge on any atom is -0.483 e. The van der Waals surface area contributed by atoms with E-state index in [0.29, 0.717) is 13.0 Å². The number of carboxylic acid groups (broad SMARTS) is 1. The summed E-state index contributed by atoms with van der Waals surface area (Å²) in [5.41, 5.74) is -0.545. The van der Waals surface area contributed by atoms with E-state index in [4.69, 9.17) is 9.84 Å². The number of ether oxygens (including phenoxy) is 1. The van der Waals surface area contributed by atoms with E-state index in [9.17, 15) is 9.59 Å². The average Bonchev–Trinajstić information content (AvgIpc) is 2.15. The van der Waals surface area contributed by atoms with E-state index in [2.05, 4.69) is 0 Å². The first-order valence-electron chi connectivity index (χ1n) is 5.33. The first-order chi connectivity index (χ1) is 7.29. The van der Waals surface area contributed by atoms with Crippen molar-refractivity contribution in [2.24, 2.45) is 5.92 Å². The summed E-state index contributed by atoms with van der Waals surface area (Å²) in [5, 5.41) is 8.86. The molecule has 1 saturated heterocycles. The average molecular weight is 412 g/mol. The van der Waals surface area contributed by atoms with Crippen molar-refractivity contribution in [3.05, 3.63) is 6.42 Å². The maximum atomic E-state index is 11.7. The molecule has 1 amide bonds. The van der Waals surface area contributed by atoms with E-state index in [1.165, 1.54) is 4.90 Å². The third kappa shape index (κ3) is 5.53. The minimum atomic E-state index is -0.895. The Morgan fingerprint density at radius 1 is 1.41 bits per heavy atom. The molecular weight excluding hydrogens is 394 g/mol. The van der Waals surface area contributed by atoms with Crippen LogP contribution in [0.2, 0.25) is 0 Å². The largest absolute Gasteiger partial charge is 0.483 e. The van der Waals surface area contributed by atoms with Gasteiger partial charge in [0.15, 0.2) is 0 Å². The predicted molar refractivity (Wildman–Crippen MR) is 57.8 cm³/mol. The summed E-state index contributed by atoms with van der Waals surface area (Å²) >= 11 is 0. The molecule has 1 atom stereocenters.